The molecule has 1 N–H and O–H groups in total. The Kier molecular flexibility index (Phi) is 7.47. The van der Waals surface area contributed by atoms with Crippen LogP contribution >= 0.6 is 0 Å². The molecule has 2 heterocycles. The summed E-state index contributed by atoms with van der Waals surface area (Å²) in [6.07, 6.45) is 12.2. The van der Waals surface area contributed by atoms with Crippen molar-refractivity contribution in [3.05, 3.63) is 11.8 Å². The largest absolute Gasteiger partial charge is 0.425 e. The summed E-state index contributed by atoms with van der Waals surface area (Å²) in [6.45, 7) is 5.15. The maximum Gasteiger partial charge on any atom is 0.220 e. The van der Waals surface area contributed by atoms with E-state index in [1.807, 2.05) is 0 Å². The lowest BCUT2D eigenvalue weighted by molar-refractivity contribution is -0.121. The van der Waals surface area contributed by atoms with Crippen LogP contribution in [-0.4, -0.2) is 46.7 Å². The van der Waals surface area contributed by atoms with Gasteiger partial charge in [-0.2, -0.15) is 0 Å². The molecular weight excluding hydrogens is 328 g/mol. The molecule has 1 amide bonds. The van der Waals surface area contributed by atoms with E-state index in [1.165, 1.54) is 44.9 Å². The Morgan fingerprint density at radius 2 is 1.88 bits per heavy atom. The van der Waals surface area contributed by atoms with E-state index in [1.54, 1.807) is 0 Å². The topological polar surface area (TPSA) is 71.3 Å². The molecule has 26 heavy (non-hydrogen) atoms. The standard InChI is InChI=1S/C20H34N4O2/c1-2-24-14-6-9-17(24)15-21-18(25)11-13-20-23-22-19(26-20)12-10-16-7-4-3-5-8-16/h16-17H,2-15H2,1H3,(H,21,25)/t17-/m0/s1. The molecule has 0 bridgehead atoms. The highest BCUT2D eigenvalue weighted by Gasteiger charge is 2.23. The highest BCUT2D eigenvalue weighted by molar-refractivity contribution is 5.76. The third-order valence-electron chi connectivity index (χ3n) is 6.01. The van der Waals surface area contributed by atoms with Crippen LogP contribution in [-0.2, 0) is 17.6 Å². The van der Waals surface area contributed by atoms with E-state index in [9.17, 15) is 4.79 Å². The number of nitrogens with one attached hydrogen (secondary N) is 1. The second-order valence-electron chi connectivity index (χ2n) is 7.86. The molecule has 0 aromatic carbocycles. The number of hydrogen-bond acceptors (Lipinski definition) is 5. The van der Waals surface area contributed by atoms with E-state index < -0.39 is 0 Å². The maximum atomic E-state index is 12.1. The molecule has 6 nitrogen and oxygen atoms in total. The van der Waals surface area contributed by atoms with Crippen LogP contribution in [0.15, 0.2) is 4.42 Å². The summed E-state index contributed by atoms with van der Waals surface area (Å²) in [6, 6.07) is 0.499. The molecule has 2 aliphatic rings. The van der Waals surface area contributed by atoms with Gasteiger partial charge in [0, 0.05) is 31.8 Å². The van der Waals surface area contributed by atoms with E-state index in [2.05, 4.69) is 27.3 Å². The Hall–Kier alpha value is -1.43. The molecule has 146 valence electrons. The number of aryl methyl sites for hydroxylation is 2. The van der Waals surface area contributed by atoms with Crippen LogP contribution in [0.25, 0.3) is 0 Å². The van der Waals surface area contributed by atoms with E-state index >= 15 is 0 Å². The Balaban J connectivity index is 1.32. The summed E-state index contributed by atoms with van der Waals surface area (Å²) < 4.78 is 5.73. The molecule has 6 heteroatoms. The number of likely N-dealkylation sites (N-methyl/N-ethyl adjacent to an activating group) is 1. The molecule has 1 atom stereocenters. The van der Waals surface area contributed by atoms with E-state index in [0.717, 1.165) is 44.3 Å². The lowest BCUT2D eigenvalue weighted by atomic mass is 9.86. The second-order valence-corrected chi connectivity index (χ2v) is 7.86. The minimum absolute atomic E-state index is 0.0786. The van der Waals surface area contributed by atoms with Crippen molar-refractivity contribution in [3.63, 3.8) is 0 Å². The van der Waals surface area contributed by atoms with Gasteiger partial charge in [-0.15, -0.1) is 10.2 Å². The first kappa shape index (κ1) is 19.3. The quantitative estimate of drug-likeness (QED) is 0.731. The smallest absolute Gasteiger partial charge is 0.220 e. The number of amides is 1. The Morgan fingerprint density at radius 1 is 1.12 bits per heavy atom. The first-order chi connectivity index (χ1) is 12.7. The average Bonchev–Trinajstić information content (AvgIpc) is 3.32. The maximum absolute atomic E-state index is 12.1. The van der Waals surface area contributed by atoms with E-state index in [0.29, 0.717) is 24.8 Å². The summed E-state index contributed by atoms with van der Waals surface area (Å²) in [4.78, 5) is 14.5. The first-order valence-corrected chi connectivity index (χ1v) is 10.6. The number of aromatic nitrogens is 2. The molecule has 1 aliphatic carbocycles. The van der Waals surface area contributed by atoms with Crippen molar-refractivity contribution >= 4 is 5.91 Å². The van der Waals surface area contributed by atoms with Gasteiger partial charge in [-0.3, -0.25) is 9.69 Å². The molecule has 1 aromatic heterocycles. The summed E-state index contributed by atoms with van der Waals surface area (Å²) in [5, 5.41) is 11.3. The fourth-order valence-electron chi connectivity index (χ4n) is 4.38. The molecular formula is C20H34N4O2. The normalized spacial score (nSPS) is 22.0. The van der Waals surface area contributed by atoms with Gasteiger partial charge >= 0.3 is 0 Å². The predicted octanol–water partition coefficient (Wildman–Crippen LogP) is 3.12. The molecule has 1 saturated carbocycles. The van der Waals surface area contributed by atoms with Crippen LogP contribution in [0.4, 0.5) is 0 Å². The van der Waals surface area contributed by atoms with E-state index in [-0.39, 0.29) is 5.91 Å². The van der Waals surface area contributed by atoms with Crippen LogP contribution in [0.1, 0.15) is 76.5 Å². The van der Waals surface area contributed by atoms with Crippen molar-refractivity contribution in [2.24, 2.45) is 5.92 Å². The molecule has 1 saturated heterocycles. The monoisotopic (exact) mass is 362 g/mol. The van der Waals surface area contributed by atoms with Gasteiger partial charge in [-0.25, -0.2) is 0 Å². The van der Waals surface area contributed by atoms with Crippen molar-refractivity contribution in [3.8, 4) is 0 Å². The number of likely N-dealkylation sites (tertiary alicyclic amines) is 1. The van der Waals surface area contributed by atoms with Crippen molar-refractivity contribution < 1.29 is 9.21 Å². The van der Waals surface area contributed by atoms with Gasteiger partial charge in [0.1, 0.15) is 0 Å². The Bertz CT molecular complexity index is 554. The zero-order chi connectivity index (χ0) is 18.2. The third-order valence-corrected chi connectivity index (χ3v) is 6.01. The molecule has 3 rings (SSSR count). The van der Waals surface area contributed by atoms with Crippen LogP contribution in [0.2, 0.25) is 0 Å². The minimum Gasteiger partial charge on any atom is -0.425 e. The van der Waals surface area contributed by atoms with Gasteiger partial charge in [-0.1, -0.05) is 39.0 Å². The van der Waals surface area contributed by atoms with Gasteiger partial charge in [0.2, 0.25) is 17.7 Å². The van der Waals surface area contributed by atoms with E-state index in [4.69, 9.17) is 4.42 Å². The number of hydrogen-bond donors (Lipinski definition) is 1. The van der Waals surface area contributed by atoms with Crippen molar-refractivity contribution in [2.75, 3.05) is 19.6 Å². The van der Waals surface area contributed by atoms with Gasteiger partial charge in [0.05, 0.1) is 0 Å². The molecule has 0 spiro atoms. The van der Waals surface area contributed by atoms with Gasteiger partial charge in [0.25, 0.3) is 0 Å². The average molecular weight is 363 g/mol. The summed E-state index contributed by atoms with van der Waals surface area (Å²) in [5.41, 5.74) is 0. The molecule has 1 aliphatic heterocycles. The SMILES string of the molecule is CCN1CCC[C@H]1CNC(=O)CCc1nnc(CCC2CCCCC2)o1. The predicted molar refractivity (Wildman–Crippen MR) is 101 cm³/mol. The summed E-state index contributed by atoms with van der Waals surface area (Å²) >= 11 is 0. The molecule has 0 unspecified atom stereocenters. The summed E-state index contributed by atoms with van der Waals surface area (Å²) in [5.74, 6) is 2.23. The number of rotatable bonds is 9. The Morgan fingerprint density at radius 3 is 2.65 bits per heavy atom. The lowest BCUT2D eigenvalue weighted by Crippen LogP contribution is -2.40. The van der Waals surface area contributed by atoms with Crippen molar-refractivity contribution in [1.82, 2.24) is 20.4 Å². The fraction of sp³-hybridized carbons (Fsp3) is 0.850. The Labute approximate surface area is 157 Å². The first-order valence-electron chi connectivity index (χ1n) is 10.6. The number of nitrogens with zero attached hydrogens (tertiary/aromatic N) is 3. The zero-order valence-electron chi connectivity index (χ0n) is 16.2. The van der Waals surface area contributed by atoms with Crippen LogP contribution < -0.4 is 5.32 Å². The van der Waals surface area contributed by atoms with Crippen molar-refractivity contribution in [1.29, 1.82) is 0 Å². The molecule has 0 radical (unpaired) electrons. The molecule has 2 fully saturated rings. The summed E-state index contributed by atoms with van der Waals surface area (Å²) in [7, 11) is 0. The fourth-order valence-corrected chi connectivity index (χ4v) is 4.38. The van der Waals surface area contributed by atoms with Gasteiger partial charge in [0.15, 0.2) is 0 Å². The van der Waals surface area contributed by atoms with Crippen LogP contribution in [0.3, 0.4) is 0 Å². The highest BCUT2D eigenvalue weighted by atomic mass is 16.4. The van der Waals surface area contributed by atoms with Crippen LogP contribution in [0, 0.1) is 5.92 Å². The molecule has 1 aromatic rings. The van der Waals surface area contributed by atoms with Crippen molar-refractivity contribution in [2.45, 2.75) is 83.6 Å². The lowest BCUT2D eigenvalue weighted by Gasteiger charge is -2.22. The minimum atomic E-state index is 0.0786. The number of carbonyl (C=O) groups is 1. The highest BCUT2D eigenvalue weighted by Crippen LogP contribution is 2.27. The second kappa shape index (κ2) is 10.0. The van der Waals surface area contributed by atoms with Gasteiger partial charge < -0.3 is 9.73 Å². The number of carbonyl (C=O) groups excluding carboxylic acids is 1. The van der Waals surface area contributed by atoms with Crippen LogP contribution in [0.5, 0.6) is 0 Å². The van der Waals surface area contributed by atoms with Gasteiger partial charge in [-0.05, 0) is 38.3 Å². The zero-order valence-corrected chi connectivity index (χ0v) is 16.2. The third kappa shape index (κ3) is 5.79.